The highest BCUT2D eigenvalue weighted by atomic mass is 32.2. The normalized spacial score (nSPS) is 10.5. The minimum atomic E-state index is -3.99. The van der Waals surface area contributed by atoms with Crippen molar-refractivity contribution in [1.82, 2.24) is 0 Å². The molecule has 0 atom stereocenters. The van der Waals surface area contributed by atoms with Gasteiger partial charge in [0, 0.05) is 9.43 Å². The van der Waals surface area contributed by atoms with Gasteiger partial charge >= 0.3 is 0 Å². The summed E-state index contributed by atoms with van der Waals surface area (Å²) in [5, 5.41) is 0. The van der Waals surface area contributed by atoms with Gasteiger partial charge in [-0.3, -0.25) is 0 Å². The lowest BCUT2D eigenvalue weighted by atomic mass is 10.2. The number of nitrogens with zero attached hydrogens (tertiary/aromatic N) is 3. The molecule has 0 saturated carbocycles. The van der Waals surface area contributed by atoms with Crippen molar-refractivity contribution in [2.45, 2.75) is 11.8 Å². The summed E-state index contributed by atoms with van der Waals surface area (Å²) in [5.74, 6) is 0.160. The molecule has 0 amide bonds. The Hall–Kier alpha value is -1.72. The van der Waals surface area contributed by atoms with Gasteiger partial charge in [-0.15, -0.1) is 0 Å². The zero-order valence-electron chi connectivity index (χ0n) is 8.21. The molecular formula is C8H9N3O3S. The van der Waals surface area contributed by atoms with Crippen molar-refractivity contribution in [2.75, 3.05) is 7.11 Å². The van der Waals surface area contributed by atoms with Gasteiger partial charge in [-0.2, -0.15) is 0 Å². The first-order chi connectivity index (χ1) is 7.01. The van der Waals surface area contributed by atoms with Crippen LogP contribution in [-0.4, -0.2) is 15.5 Å². The molecule has 0 N–H and O–H groups in total. The third-order valence-electron chi connectivity index (χ3n) is 1.74. The summed E-state index contributed by atoms with van der Waals surface area (Å²) in [6, 6.07) is 4.60. The molecule has 0 fully saturated rings. The Morgan fingerprint density at radius 2 is 2.13 bits per heavy atom. The Bertz CT molecular complexity index is 518. The molecule has 80 valence electrons. The molecule has 0 heterocycles. The molecule has 0 aliphatic heterocycles. The van der Waals surface area contributed by atoms with Crippen molar-refractivity contribution in [1.29, 1.82) is 0 Å². The summed E-state index contributed by atoms with van der Waals surface area (Å²) in [7, 11) is -2.65. The van der Waals surface area contributed by atoms with Crippen LogP contribution in [0.15, 0.2) is 27.6 Å². The van der Waals surface area contributed by atoms with E-state index in [0.29, 0.717) is 0 Å². The van der Waals surface area contributed by atoms with E-state index in [9.17, 15) is 8.42 Å². The number of hydrogen-bond donors (Lipinski definition) is 0. The van der Waals surface area contributed by atoms with Gasteiger partial charge in [-0.05, 0) is 30.2 Å². The SMILES string of the molecule is COc1ccc(C)cc1S(=O)(=O)N=[N+]=[N-]. The highest BCUT2D eigenvalue weighted by Gasteiger charge is 2.17. The lowest BCUT2D eigenvalue weighted by Crippen LogP contribution is -1.99. The Morgan fingerprint density at radius 1 is 1.47 bits per heavy atom. The molecule has 0 aliphatic rings. The summed E-state index contributed by atoms with van der Waals surface area (Å²) in [4.78, 5) is 2.15. The third kappa shape index (κ3) is 2.39. The summed E-state index contributed by atoms with van der Waals surface area (Å²) in [5.41, 5.74) is 8.87. The van der Waals surface area contributed by atoms with Crippen LogP contribution in [0, 0.1) is 6.92 Å². The van der Waals surface area contributed by atoms with Crippen LogP contribution in [-0.2, 0) is 10.0 Å². The zero-order valence-corrected chi connectivity index (χ0v) is 9.02. The van der Waals surface area contributed by atoms with Crippen molar-refractivity contribution in [3.63, 3.8) is 0 Å². The van der Waals surface area contributed by atoms with Crippen molar-refractivity contribution in [2.24, 2.45) is 4.52 Å². The van der Waals surface area contributed by atoms with E-state index in [-0.39, 0.29) is 10.6 Å². The quantitative estimate of drug-likeness (QED) is 0.449. The minimum absolute atomic E-state index is 0.122. The average molecular weight is 227 g/mol. The third-order valence-corrected chi connectivity index (χ3v) is 2.90. The van der Waals surface area contributed by atoms with Crippen LogP contribution < -0.4 is 4.74 Å². The molecule has 7 heteroatoms. The Labute approximate surface area is 87.2 Å². The Morgan fingerprint density at radius 3 is 2.67 bits per heavy atom. The molecule has 0 aliphatic carbocycles. The van der Waals surface area contributed by atoms with Gasteiger partial charge in [0.05, 0.1) is 7.11 Å². The van der Waals surface area contributed by atoms with Crippen molar-refractivity contribution in [3.8, 4) is 5.75 Å². The fourth-order valence-electron chi connectivity index (χ4n) is 1.08. The van der Waals surface area contributed by atoms with Gasteiger partial charge in [0.25, 0.3) is 10.0 Å². The van der Waals surface area contributed by atoms with E-state index in [1.54, 1.807) is 13.0 Å². The molecule has 6 nitrogen and oxygen atoms in total. The molecule has 0 unspecified atom stereocenters. The smallest absolute Gasteiger partial charge is 0.267 e. The molecule has 1 aromatic rings. The number of rotatable bonds is 3. The first-order valence-corrected chi connectivity index (χ1v) is 5.41. The van der Waals surface area contributed by atoms with Crippen LogP contribution in [0.25, 0.3) is 10.4 Å². The van der Waals surface area contributed by atoms with Gasteiger partial charge < -0.3 is 4.74 Å². The topological polar surface area (TPSA) is 92.1 Å². The van der Waals surface area contributed by atoms with Crippen LogP contribution in [0.2, 0.25) is 0 Å². The number of ether oxygens (including phenoxy) is 1. The van der Waals surface area contributed by atoms with E-state index in [0.717, 1.165) is 5.56 Å². The number of hydrogen-bond acceptors (Lipinski definition) is 3. The molecule has 1 aromatic carbocycles. The second kappa shape index (κ2) is 4.20. The van der Waals surface area contributed by atoms with E-state index in [4.69, 9.17) is 10.3 Å². The van der Waals surface area contributed by atoms with Crippen LogP contribution in [0.1, 0.15) is 5.56 Å². The van der Waals surface area contributed by atoms with Gasteiger partial charge in [-0.25, -0.2) is 8.42 Å². The van der Waals surface area contributed by atoms with Crippen LogP contribution in [0.4, 0.5) is 0 Å². The lowest BCUT2D eigenvalue weighted by Gasteiger charge is -2.06. The number of methoxy groups -OCH3 is 1. The average Bonchev–Trinajstić information content (AvgIpc) is 2.17. The molecule has 0 radical (unpaired) electrons. The lowest BCUT2D eigenvalue weighted by molar-refractivity contribution is 0.402. The predicted molar refractivity (Wildman–Crippen MR) is 54.1 cm³/mol. The van der Waals surface area contributed by atoms with Crippen LogP contribution in [0.5, 0.6) is 5.75 Å². The monoisotopic (exact) mass is 227 g/mol. The van der Waals surface area contributed by atoms with Gasteiger partial charge in [0.1, 0.15) is 10.6 Å². The summed E-state index contributed by atoms with van der Waals surface area (Å²) >= 11 is 0. The maximum atomic E-state index is 11.5. The van der Waals surface area contributed by atoms with Gasteiger partial charge in [-0.1, -0.05) is 6.07 Å². The second-order valence-corrected chi connectivity index (χ2v) is 4.35. The van der Waals surface area contributed by atoms with Crippen molar-refractivity contribution < 1.29 is 13.2 Å². The molecule has 15 heavy (non-hydrogen) atoms. The second-order valence-electron chi connectivity index (χ2n) is 2.80. The molecule has 1 rings (SSSR count). The van der Waals surface area contributed by atoms with Crippen molar-refractivity contribution in [3.05, 3.63) is 34.2 Å². The number of sulfonamides is 1. The number of azide groups is 1. The van der Waals surface area contributed by atoms with E-state index in [1.165, 1.54) is 19.2 Å². The molecule has 0 saturated heterocycles. The minimum Gasteiger partial charge on any atom is -0.495 e. The van der Waals surface area contributed by atoms with E-state index in [2.05, 4.69) is 9.43 Å². The van der Waals surface area contributed by atoms with Crippen LogP contribution >= 0.6 is 0 Å². The molecule has 0 aromatic heterocycles. The summed E-state index contributed by atoms with van der Waals surface area (Å²) < 4.78 is 30.5. The van der Waals surface area contributed by atoms with Crippen LogP contribution in [0.3, 0.4) is 0 Å². The Balaban J connectivity index is 3.48. The van der Waals surface area contributed by atoms with E-state index >= 15 is 0 Å². The highest BCUT2D eigenvalue weighted by molar-refractivity contribution is 7.90. The maximum Gasteiger partial charge on any atom is 0.267 e. The molecule has 0 bridgehead atoms. The zero-order chi connectivity index (χ0) is 11.5. The first kappa shape index (κ1) is 11.4. The van der Waals surface area contributed by atoms with Crippen molar-refractivity contribution >= 4 is 10.0 Å². The predicted octanol–water partition coefficient (Wildman–Crippen LogP) is 2.00. The number of aryl methyl sites for hydroxylation is 1. The summed E-state index contributed by atoms with van der Waals surface area (Å²) in [6.07, 6.45) is 0. The van der Waals surface area contributed by atoms with Gasteiger partial charge in [0.15, 0.2) is 0 Å². The maximum absolute atomic E-state index is 11.5. The fourth-order valence-corrected chi connectivity index (χ4v) is 2.00. The molecular weight excluding hydrogens is 218 g/mol. The highest BCUT2D eigenvalue weighted by Crippen LogP contribution is 2.26. The van der Waals surface area contributed by atoms with E-state index < -0.39 is 10.0 Å². The first-order valence-electron chi connectivity index (χ1n) is 3.97. The molecule has 0 spiro atoms. The largest absolute Gasteiger partial charge is 0.495 e. The number of benzene rings is 1. The fraction of sp³-hybridized carbons (Fsp3) is 0.250. The Kier molecular flexibility index (Phi) is 3.18. The summed E-state index contributed by atoms with van der Waals surface area (Å²) in [6.45, 7) is 1.73. The van der Waals surface area contributed by atoms with E-state index in [1.807, 2.05) is 0 Å². The standard InChI is InChI=1S/C8H9N3O3S/c1-6-3-4-7(14-2)8(5-6)15(12,13)11-10-9/h3-5H,1-2H3. The van der Waals surface area contributed by atoms with Gasteiger partial charge in [0.2, 0.25) is 0 Å².